The Morgan fingerprint density at radius 3 is 2.27 bits per heavy atom. The lowest BCUT2D eigenvalue weighted by Gasteiger charge is -2.23. The summed E-state index contributed by atoms with van der Waals surface area (Å²) in [6.45, 7) is 7.69. The van der Waals surface area contributed by atoms with Gasteiger partial charge in [0.15, 0.2) is 5.75 Å². The fourth-order valence-corrected chi connectivity index (χ4v) is 5.89. The molecule has 12 heteroatoms. The number of fused-ring (bicyclic) bond motifs is 1. The van der Waals surface area contributed by atoms with E-state index in [-0.39, 0.29) is 27.9 Å². The van der Waals surface area contributed by atoms with Crippen LogP contribution < -0.4 is 20.1 Å². The number of nitrogens with zero attached hydrogens (tertiary/aromatic N) is 1. The van der Waals surface area contributed by atoms with E-state index < -0.39 is 15.9 Å². The summed E-state index contributed by atoms with van der Waals surface area (Å²) in [6, 6.07) is 13.7. The monoisotopic (exact) mass is 600 g/mol. The number of aromatic nitrogens is 1. The van der Waals surface area contributed by atoms with E-state index in [1.807, 2.05) is 26.8 Å². The van der Waals surface area contributed by atoms with E-state index in [2.05, 4.69) is 20.3 Å². The predicted molar refractivity (Wildman–Crippen MR) is 162 cm³/mol. The van der Waals surface area contributed by atoms with E-state index in [1.54, 1.807) is 43.3 Å². The second kappa shape index (κ2) is 11.1. The number of sulfonamides is 1. The molecule has 2 heterocycles. The van der Waals surface area contributed by atoms with Gasteiger partial charge in [-0.05, 0) is 59.7 Å². The van der Waals surface area contributed by atoms with Gasteiger partial charge >= 0.3 is 0 Å². The lowest BCUT2D eigenvalue weighted by atomic mass is 9.86. The quantitative estimate of drug-likeness (QED) is 0.210. The molecular weight excluding hydrogens is 572 g/mol. The molecule has 9 nitrogen and oxygen atoms in total. The van der Waals surface area contributed by atoms with Gasteiger partial charge in [-0.1, -0.05) is 44.5 Å². The first-order valence-electron chi connectivity index (χ1n) is 12.1. The van der Waals surface area contributed by atoms with Crippen LogP contribution in [0.3, 0.4) is 0 Å². The molecule has 2 aromatic carbocycles. The van der Waals surface area contributed by atoms with Gasteiger partial charge < -0.3 is 15.4 Å². The fraction of sp³-hybridized carbons (Fsp3) is 0.250. The molecule has 3 N–H and O–H groups in total. The molecule has 0 atom stereocenters. The van der Waals surface area contributed by atoms with Gasteiger partial charge in [0.05, 0.1) is 40.0 Å². The fourth-order valence-electron chi connectivity index (χ4n) is 4.06. The minimum Gasteiger partial charge on any atom is -0.492 e. The number of carbonyl (C=O) groups excluding carboxylic acids is 2. The summed E-state index contributed by atoms with van der Waals surface area (Å²) in [4.78, 5) is 30.8. The molecular formula is C28H29ClN4O5S2. The van der Waals surface area contributed by atoms with Crippen molar-refractivity contribution in [2.75, 3.05) is 28.7 Å². The van der Waals surface area contributed by atoms with Crippen LogP contribution in [0.1, 0.15) is 52.1 Å². The lowest BCUT2D eigenvalue weighted by Crippen LogP contribution is -2.18. The number of thiophene rings is 1. The minimum absolute atomic E-state index is 0.187. The van der Waals surface area contributed by atoms with Crippen molar-refractivity contribution >= 4 is 71.9 Å². The molecule has 0 aliphatic rings. The van der Waals surface area contributed by atoms with E-state index in [0.29, 0.717) is 32.2 Å². The zero-order chi connectivity index (χ0) is 29.4. The predicted octanol–water partition coefficient (Wildman–Crippen LogP) is 6.44. The van der Waals surface area contributed by atoms with E-state index in [9.17, 15) is 18.0 Å². The molecule has 0 unspecified atom stereocenters. The highest BCUT2D eigenvalue weighted by atomic mass is 35.5. The van der Waals surface area contributed by atoms with Gasteiger partial charge in [0.1, 0.15) is 5.15 Å². The zero-order valence-electron chi connectivity index (χ0n) is 22.8. The van der Waals surface area contributed by atoms with E-state index in [0.717, 1.165) is 17.2 Å². The number of carbonyl (C=O) groups is 2. The Balaban J connectivity index is 1.68. The average Bonchev–Trinajstić information content (AvgIpc) is 3.27. The maximum atomic E-state index is 13.4. The molecule has 0 aliphatic heterocycles. The lowest BCUT2D eigenvalue weighted by molar-refractivity contribution is 0.102. The summed E-state index contributed by atoms with van der Waals surface area (Å²) in [6.07, 6.45) is 1.05. The normalized spacial score (nSPS) is 11.8. The van der Waals surface area contributed by atoms with Gasteiger partial charge in [-0.2, -0.15) is 0 Å². The summed E-state index contributed by atoms with van der Waals surface area (Å²) in [5.74, 6) is -0.578. The third kappa shape index (κ3) is 6.72. The summed E-state index contributed by atoms with van der Waals surface area (Å²) in [7, 11) is -2.21. The van der Waals surface area contributed by atoms with Crippen molar-refractivity contribution in [2.45, 2.75) is 33.1 Å². The second-order valence-electron chi connectivity index (χ2n) is 10.3. The first-order valence-corrected chi connectivity index (χ1v) is 15.2. The molecule has 4 rings (SSSR count). The molecule has 0 bridgehead atoms. The largest absolute Gasteiger partial charge is 0.492 e. The highest BCUT2D eigenvalue weighted by Gasteiger charge is 2.23. The Morgan fingerprint density at radius 2 is 1.65 bits per heavy atom. The van der Waals surface area contributed by atoms with Crippen molar-refractivity contribution in [2.24, 2.45) is 0 Å². The molecule has 210 valence electrons. The van der Waals surface area contributed by atoms with Gasteiger partial charge in [0.2, 0.25) is 10.0 Å². The van der Waals surface area contributed by atoms with Crippen molar-refractivity contribution in [3.63, 3.8) is 0 Å². The molecule has 0 saturated carbocycles. The SMILES string of the molecule is COc1c(NC(=O)c2cc3cccc(NC(=O)c4cc(C)nc(Cl)c4)c3s2)cc(C(C)(C)C)cc1NS(C)(=O)=O. The minimum atomic E-state index is -3.61. The molecule has 0 fully saturated rings. The molecule has 2 amide bonds. The summed E-state index contributed by atoms with van der Waals surface area (Å²) < 4.78 is 32.8. The van der Waals surface area contributed by atoms with Crippen molar-refractivity contribution in [1.29, 1.82) is 0 Å². The molecule has 4 aromatic rings. The number of ether oxygens (including phenoxy) is 1. The molecule has 2 aromatic heterocycles. The number of nitrogens with one attached hydrogen (secondary N) is 3. The van der Waals surface area contributed by atoms with Gasteiger partial charge in [0, 0.05) is 11.3 Å². The maximum Gasteiger partial charge on any atom is 0.265 e. The topological polar surface area (TPSA) is 126 Å². The number of pyridine rings is 1. The van der Waals surface area contributed by atoms with Crippen LogP contribution >= 0.6 is 22.9 Å². The Kier molecular flexibility index (Phi) is 8.11. The molecule has 0 saturated heterocycles. The maximum absolute atomic E-state index is 13.4. The van der Waals surface area contributed by atoms with Crippen LogP contribution in [0.15, 0.2) is 48.5 Å². The van der Waals surface area contributed by atoms with Gasteiger partial charge in [-0.3, -0.25) is 14.3 Å². The molecule has 0 spiro atoms. The first-order chi connectivity index (χ1) is 18.6. The van der Waals surface area contributed by atoms with Crippen molar-refractivity contribution in [3.8, 4) is 5.75 Å². The number of benzene rings is 2. The number of methoxy groups -OCH3 is 1. The van der Waals surface area contributed by atoms with Gasteiger partial charge in [-0.15, -0.1) is 11.3 Å². The second-order valence-corrected chi connectivity index (χ2v) is 13.5. The Labute approximate surface area is 242 Å². The van der Waals surface area contributed by atoms with Gasteiger partial charge in [-0.25, -0.2) is 13.4 Å². The number of rotatable bonds is 7. The van der Waals surface area contributed by atoms with Gasteiger partial charge in [0.25, 0.3) is 11.8 Å². The van der Waals surface area contributed by atoms with Crippen LogP contribution in [0.4, 0.5) is 17.1 Å². The summed E-state index contributed by atoms with van der Waals surface area (Å²) in [5, 5.41) is 6.77. The van der Waals surface area contributed by atoms with Crippen LogP contribution in [0.25, 0.3) is 10.1 Å². The average molecular weight is 601 g/mol. The summed E-state index contributed by atoms with van der Waals surface area (Å²) >= 11 is 7.23. The smallest absolute Gasteiger partial charge is 0.265 e. The highest BCUT2D eigenvalue weighted by Crippen LogP contribution is 2.40. The van der Waals surface area contributed by atoms with E-state index >= 15 is 0 Å². The van der Waals surface area contributed by atoms with Crippen LogP contribution in [0.5, 0.6) is 5.75 Å². The van der Waals surface area contributed by atoms with Crippen LogP contribution in [0.2, 0.25) is 5.15 Å². The van der Waals surface area contributed by atoms with Crippen molar-refractivity contribution in [3.05, 3.63) is 75.4 Å². The zero-order valence-corrected chi connectivity index (χ0v) is 25.2. The molecule has 0 radical (unpaired) electrons. The van der Waals surface area contributed by atoms with Crippen molar-refractivity contribution in [1.82, 2.24) is 4.98 Å². The number of anilines is 3. The van der Waals surface area contributed by atoms with Crippen LogP contribution in [-0.2, 0) is 15.4 Å². The van der Waals surface area contributed by atoms with Crippen molar-refractivity contribution < 1.29 is 22.7 Å². The first kappa shape index (κ1) is 29.3. The van der Waals surface area contributed by atoms with Crippen LogP contribution in [-0.4, -0.2) is 38.6 Å². The Hall–Kier alpha value is -3.67. The highest BCUT2D eigenvalue weighted by molar-refractivity contribution is 7.92. The number of hydrogen-bond acceptors (Lipinski definition) is 7. The standard InChI is InChI=1S/C28H29ClN4O5S2/c1-15-10-17(12-23(29)30-15)26(34)31-19-9-7-8-16-11-22(39-25(16)19)27(35)32-20-13-18(28(2,3)4)14-21(24(20)38-5)33-40(6,36)37/h7-14,33H,1-6H3,(H,31,34)(H,32,35). The third-order valence-electron chi connectivity index (χ3n) is 5.90. The number of aryl methyl sites for hydroxylation is 1. The Bertz CT molecular complexity index is 1720. The number of amides is 2. The molecule has 0 aliphatic carbocycles. The van der Waals surface area contributed by atoms with E-state index in [1.165, 1.54) is 24.5 Å². The number of hydrogen-bond donors (Lipinski definition) is 3. The third-order valence-corrected chi connectivity index (χ3v) is 7.87. The number of halogens is 1. The van der Waals surface area contributed by atoms with E-state index in [4.69, 9.17) is 16.3 Å². The molecule has 40 heavy (non-hydrogen) atoms. The summed E-state index contributed by atoms with van der Waals surface area (Å²) in [5.41, 5.74) is 2.52. The van der Waals surface area contributed by atoms with Crippen LogP contribution in [0, 0.1) is 6.92 Å². The Morgan fingerprint density at radius 1 is 0.975 bits per heavy atom.